The number of fused-ring (bicyclic) bond motifs is 1. The number of nitrogens with one attached hydrogen (secondary N) is 3. The lowest BCUT2D eigenvalue weighted by molar-refractivity contribution is -0.387. The Hall–Kier alpha value is -4.59. The number of anilines is 1. The minimum absolute atomic E-state index is 0.228. The van der Waals surface area contributed by atoms with Gasteiger partial charge >= 0.3 is 6.03 Å². The van der Waals surface area contributed by atoms with Crippen molar-refractivity contribution in [3.8, 4) is 0 Å². The molecule has 3 N–H and O–H groups in total. The zero-order valence-electron chi connectivity index (χ0n) is 19.4. The van der Waals surface area contributed by atoms with E-state index in [-0.39, 0.29) is 22.7 Å². The van der Waals surface area contributed by atoms with Crippen molar-refractivity contribution in [2.24, 2.45) is 0 Å². The molecule has 1 aliphatic heterocycles. The van der Waals surface area contributed by atoms with Crippen molar-refractivity contribution in [3.05, 3.63) is 92.5 Å². The highest BCUT2D eigenvalue weighted by Crippen LogP contribution is 2.40. The highest BCUT2D eigenvalue weighted by molar-refractivity contribution is 8.01. The van der Waals surface area contributed by atoms with Gasteiger partial charge < -0.3 is 5.32 Å². The van der Waals surface area contributed by atoms with Crippen LogP contribution in [0.5, 0.6) is 0 Å². The van der Waals surface area contributed by atoms with Crippen molar-refractivity contribution in [2.75, 3.05) is 5.32 Å². The number of imide groups is 2. The minimum atomic E-state index is -0.938. The van der Waals surface area contributed by atoms with Crippen LogP contribution in [0.15, 0.2) is 75.5 Å². The Labute approximate surface area is 232 Å². The lowest BCUT2D eigenvalue weighted by Gasteiger charge is -2.13. The predicted octanol–water partition coefficient (Wildman–Crippen LogP) is 5.01. The molecule has 0 radical (unpaired) electrons. The number of aromatic nitrogens is 1. The molecule has 14 heteroatoms. The number of urea groups is 1. The Kier molecular flexibility index (Phi) is 7.11. The summed E-state index contributed by atoms with van der Waals surface area (Å²) in [6, 6.07) is 15.0. The number of nitro groups is 1. The van der Waals surface area contributed by atoms with Crippen molar-refractivity contribution in [1.82, 2.24) is 15.6 Å². The molecule has 0 atom stereocenters. The van der Waals surface area contributed by atoms with Gasteiger partial charge in [-0.3, -0.25) is 35.1 Å². The zero-order valence-corrected chi connectivity index (χ0v) is 21.8. The summed E-state index contributed by atoms with van der Waals surface area (Å²) in [5.41, 5.74) is 1.28. The monoisotopic (exact) mass is 579 g/mol. The Bertz CT molecular complexity index is 1710. The zero-order chi connectivity index (χ0) is 27.7. The van der Waals surface area contributed by atoms with Crippen LogP contribution in [0, 0.1) is 10.1 Å². The molecular weight excluding hydrogens is 566 g/mol. The number of amides is 5. The number of hydrogen-bond donors (Lipinski definition) is 3. The largest absolute Gasteiger partial charge is 0.328 e. The Balaban J connectivity index is 1.37. The highest BCUT2D eigenvalue weighted by atomic mass is 35.5. The van der Waals surface area contributed by atoms with Crippen molar-refractivity contribution in [3.63, 3.8) is 0 Å². The number of rotatable bonds is 6. The van der Waals surface area contributed by atoms with E-state index >= 15 is 0 Å². The lowest BCUT2D eigenvalue weighted by Crippen LogP contribution is -2.51. The van der Waals surface area contributed by atoms with Gasteiger partial charge in [0.2, 0.25) is 0 Å². The van der Waals surface area contributed by atoms with E-state index in [4.69, 9.17) is 11.6 Å². The molecular formula is C25H14ClN5O6S2. The number of halogens is 1. The molecule has 1 aromatic heterocycles. The lowest BCUT2D eigenvalue weighted by atomic mass is 10.1. The van der Waals surface area contributed by atoms with Crippen LogP contribution < -0.4 is 16.0 Å². The summed E-state index contributed by atoms with van der Waals surface area (Å²) in [5, 5.41) is 19.0. The molecule has 39 heavy (non-hydrogen) atoms. The van der Waals surface area contributed by atoms with Crippen LogP contribution in [-0.4, -0.2) is 33.7 Å². The van der Waals surface area contributed by atoms with Crippen LogP contribution >= 0.6 is 34.7 Å². The second-order valence-corrected chi connectivity index (χ2v) is 10.8. The fraction of sp³-hybridized carbons (Fsp3) is 0. The molecule has 11 nitrogen and oxygen atoms in total. The Morgan fingerprint density at radius 2 is 1.74 bits per heavy atom. The van der Waals surface area contributed by atoms with Crippen molar-refractivity contribution in [2.45, 2.75) is 9.24 Å². The first-order chi connectivity index (χ1) is 18.7. The molecule has 2 heterocycles. The molecule has 0 aliphatic carbocycles. The maximum Gasteiger partial charge on any atom is 0.328 e. The van der Waals surface area contributed by atoms with Gasteiger partial charge in [0, 0.05) is 22.3 Å². The number of hydrogen-bond acceptors (Lipinski definition) is 9. The number of nitro benzene ring substituents is 1. The third-order valence-corrected chi connectivity index (χ3v) is 7.76. The summed E-state index contributed by atoms with van der Waals surface area (Å²) in [7, 11) is 0. The van der Waals surface area contributed by atoms with Gasteiger partial charge in [-0.25, -0.2) is 9.78 Å². The van der Waals surface area contributed by atoms with E-state index in [1.807, 2.05) is 10.6 Å². The number of barbiturate groups is 1. The molecule has 1 aliphatic rings. The molecule has 5 rings (SSSR count). The molecule has 0 unspecified atom stereocenters. The SMILES string of the molecule is O=C1NC(=O)C(=Cc2ccc(Sc3nc4ccc(NC(=O)c5ccc(Cl)cc5)cc4s3)c([N+](=O)[O-])c2)C(=O)N1. The van der Waals surface area contributed by atoms with Crippen LogP contribution in [0.4, 0.5) is 16.2 Å². The van der Waals surface area contributed by atoms with Gasteiger partial charge in [-0.05, 0) is 60.2 Å². The maximum atomic E-state index is 12.5. The highest BCUT2D eigenvalue weighted by Gasteiger charge is 2.28. The normalized spacial score (nSPS) is 13.2. The van der Waals surface area contributed by atoms with Gasteiger partial charge in [0.15, 0.2) is 4.34 Å². The number of benzene rings is 3. The Morgan fingerprint density at radius 3 is 2.44 bits per heavy atom. The summed E-state index contributed by atoms with van der Waals surface area (Å²) in [6.45, 7) is 0. The quantitative estimate of drug-likeness (QED) is 0.124. The second-order valence-electron chi connectivity index (χ2n) is 8.01. The van der Waals surface area contributed by atoms with Gasteiger partial charge in [0.1, 0.15) is 5.57 Å². The van der Waals surface area contributed by atoms with E-state index < -0.39 is 22.8 Å². The molecule has 0 spiro atoms. The van der Waals surface area contributed by atoms with Gasteiger partial charge in [0.05, 0.1) is 20.0 Å². The van der Waals surface area contributed by atoms with Crippen LogP contribution in [-0.2, 0) is 9.59 Å². The Morgan fingerprint density at radius 1 is 1.03 bits per heavy atom. The summed E-state index contributed by atoms with van der Waals surface area (Å²) < 4.78 is 1.30. The van der Waals surface area contributed by atoms with Crippen molar-refractivity contribution < 1.29 is 24.1 Å². The molecule has 0 saturated carbocycles. The van der Waals surface area contributed by atoms with Crippen LogP contribution in [0.1, 0.15) is 15.9 Å². The molecule has 194 valence electrons. The average Bonchev–Trinajstić information content (AvgIpc) is 3.28. The summed E-state index contributed by atoms with van der Waals surface area (Å²) in [5.74, 6) is -2.10. The van der Waals surface area contributed by atoms with Crippen LogP contribution in [0.25, 0.3) is 16.3 Å². The van der Waals surface area contributed by atoms with E-state index in [0.29, 0.717) is 31.0 Å². The fourth-order valence-electron chi connectivity index (χ4n) is 3.55. The topological polar surface area (TPSA) is 160 Å². The third-order valence-electron chi connectivity index (χ3n) is 5.36. The summed E-state index contributed by atoms with van der Waals surface area (Å²) in [6.07, 6.45) is 1.16. The molecule has 1 fully saturated rings. The number of nitrogens with zero attached hydrogens (tertiary/aromatic N) is 2. The van der Waals surface area contributed by atoms with Crippen LogP contribution in [0.3, 0.4) is 0 Å². The summed E-state index contributed by atoms with van der Waals surface area (Å²) >= 11 is 8.25. The van der Waals surface area contributed by atoms with E-state index in [0.717, 1.165) is 22.5 Å². The average molecular weight is 580 g/mol. The van der Waals surface area contributed by atoms with E-state index in [2.05, 4.69) is 10.3 Å². The smallest absolute Gasteiger partial charge is 0.322 e. The maximum absolute atomic E-state index is 12.5. The van der Waals surface area contributed by atoms with Crippen molar-refractivity contribution >= 4 is 86.1 Å². The van der Waals surface area contributed by atoms with E-state index in [1.54, 1.807) is 42.5 Å². The van der Waals surface area contributed by atoms with Gasteiger partial charge in [0.25, 0.3) is 23.4 Å². The first-order valence-corrected chi connectivity index (χ1v) is 13.0. The number of carbonyl (C=O) groups excluding carboxylic acids is 4. The van der Waals surface area contributed by atoms with Gasteiger partial charge in [-0.15, -0.1) is 11.3 Å². The molecule has 3 aromatic carbocycles. The fourth-order valence-corrected chi connectivity index (χ4v) is 5.82. The number of carbonyl (C=O) groups is 4. The van der Waals surface area contributed by atoms with Gasteiger partial charge in [-0.2, -0.15) is 0 Å². The predicted molar refractivity (Wildman–Crippen MR) is 146 cm³/mol. The second kappa shape index (κ2) is 10.6. The van der Waals surface area contributed by atoms with E-state index in [9.17, 15) is 29.3 Å². The molecule has 1 saturated heterocycles. The molecule has 0 bridgehead atoms. The van der Waals surface area contributed by atoms with Crippen molar-refractivity contribution in [1.29, 1.82) is 0 Å². The third kappa shape index (κ3) is 5.80. The van der Waals surface area contributed by atoms with Crippen LogP contribution in [0.2, 0.25) is 5.02 Å². The van der Waals surface area contributed by atoms with Gasteiger partial charge in [-0.1, -0.05) is 29.4 Å². The number of thiazole rings is 1. The summed E-state index contributed by atoms with van der Waals surface area (Å²) in [4.78, 5) is 63.7. The standard InChI is InChI=1S/C25H14ClN5O6S2/c26-14-4-2-13(3-5-14)21(32)27-15-6-7-17-20(11-15)39-25(28-17)38-19-8-1-12(10-18(19)31(36)37)9-16-22(33)29-24(35)30-23(16)34/h1-11H,(H,27,32)(H2,29,30,33,34,35). The molecule has 5 amide bonds. The van der Waals surface area contributed by atoms with E-state index in [1.165, 1.54) is 29.5 Å². The first kappa shape index (κ1) is 26.0. The minimum Gasteiger partial charge on any atom is -0.322 e. The first-order valence-electron chi connectivity index (χ1n) is 11.0. The molecule has 4 aromatic rings.